The third-order valence-electron chi connectivity index (χ3n) is 7.14. The number of carbonyl (C=O) groups is 4. The molecule has 9 heteroatoms. The van der Waals surface area contributed by atoms with Gasteiger partial charge in [-0.2, -0.15) is 0 Å². The van der Waals surface area contributed by atoms with Gasteiger partial charge in [-0.15, -0.1) is 0 Å². The molecule has 1 saturated heterocycles. The first kappa shape index (κ1) is 29.6. The quantitative estimate of drug-likeness (QED) is 0.452. The van der Waals surface area contributed by atoms with Crippen LogP contribution in [-0.4, -0.2) is 76.9 Å². The summed E-state index contributed by atoms with van der Waals surface area (Å²) in [6, 6.07) is 21.4. The van der Waals surface area contributed by atoms with E-state index in [0.29, 0.717) is 0 Å². The summed E-state index contributed by atoms with van der Waals surface area (Å²) in [6.07, 6.45) is 0.0274. The minimum atomic E-state index is -0.949. The predicted molar refractivity (Wildman–Crippen MR) is 157 cm³/mol. The Bertz CT molecular complexity index is 1420. The lowest BCUT2D eigenvalue weighted by Gasteiger charge is -2.36. The summed E-state index contributed by atoms with van der Waals surface area (Å²) in [5.41, 5.74) is 3.56. The number of hydrogen-bond acceptors (Lipinski definition) is 5. The lowest BCUT2D eigenvalue weighted by molar-refractivity contribution is -0.148. The maximum Gasteiger partial charge on any atom is 0.410 e. The van der Waals surface area contributed by atoms with Gasteiger partial charge in [-0.1, -0.05) is 72.8 Å². The first-order chi connectivity index (χ1) is 19.4. The van der Waals surface area contributed by atoms with Crippen LogP contribution in [-0.2, 0) is 32.0 Å². The topological polar surface area (TPSA) is 99.3 Å². The molecule has 1 fully saturated rings. The van der Waals surface area contributed by atoms with E-state index in [9.17, 15) is 19.2 Å². The summed E-state index contributed by atoms with van der Waals surface area (Å²) in [7, 11) is 3.11. The molecule has 0 aromatic heterocycles. The van der Waals surface area contributed by atoms with Crippen LogP contribution < -0.4 is 5.43 Å². The Labute approximate surface area is 241 Å². The number of amides is 4. The molecule has 0 spiro atoms. The van der Waals surface area contributed by atoms with E-state index in [4.69, 9.17) is 4.74 Å². The van der Waals surface area contributed by atoms with Crippen molar-refractivity contribution in [2.75, 3.05) is 20.6 Å². The molecule has 216 valence electrons. The van der Waals surface area contributed by atoms with Gasteiger partial charge in [0.1, 0.15) is 17.7 Å². The van der Waals surface area contributed by atoms with Crippen molar-refractivity contribution in [3.8, 4) is 0 Å². The van der Waals surface area contributed by atoms with Crippen molar-refractivity contribution in [3.05, 3.63) is 83.9 Å². The number of nitrogens with one attached hydrogen (secondary N) is 1. The molecule has 0 bridgehead atoms. The molecule has 1 aliphatic rings. The summed E-state index contributed by atoms with van der Waals surface area (Å²) < 4.78 is 5.61. The highest BCUT2D eigenvalue weighted by Gasteiger charge is 2.39. The standard InChI is InChI=1S/C32H38N4O5/c1-32(2,3)41-31(40)35(5)26(21-23-15-16-24-13-9-10-14-25(24)19-23)29(38)34(4)27(20-22-11-7-6-8-12-22)30(39)36-18-17-28(37)33-36/h6-16,19,26-27H,17-18,20-21H2,1-5H3,(H,33,37)/t26?,27-/m1/s1. The van der Waals surface area contributed by atoms with E-state index in [2.05, 4.69) is 5.43 Å². The second-order valence-electron chi connectivity index (χ2n) is 11.4. The Kier molecular flexibility index (Phi) is 8.95. The third kappa shape index (κ3) is 7.42. The van der Waals surface area contributed by atoms with Crippen molar-refractivity contribution >= 4 is 34.6 Å². The van der Waals surface area contributed by atoms with Gasteiger partial charge < -0.3 is 9.64 Å². The van der Waals surface area contributed by atoms with Crippen molar-refractivity contribution in [3.63, 3.8) is 0 Å². The van der Waals surface area contributed by atoms with E-state index < -0.39 is 29.7 Å². The van der Waals surface area contributed by atoms with E-state index in [1.807, 2.05) is 72.8 Å². The van der Waals surface area contributed by atoms with E-state index in [0.717, 1.165) is 21.9 Å². The Morgan fingerprint density at radius 2 is 1.49 bits per heavy atom. The highest BCUT2D eigenvalue weighted by atomic mass is 16.6. The number of ether oxygens (including phenoxy) is 1. The first-order valence-corrected chi connectivity index (χ1v) is 13.8. The van der Waals surface area contributed by atoms with E-state index in [1.54, 1.807) is 34.9 Å². The summed E-state index contributed by atoms with van der Waals surface area (Å²) in [5.74, 6) is -1.05. The fraction of sp³-hybridized carbons (Fsp3) is 0.375. The van der Waals surface area contributed by atoms with Crippen molar-refractivity contribution < 1.29 is 23.9 Å². The van der Waals surface area contributed by atoms with Gasteiger partial charge in [0.2, 0.25) is 11.8 Å². The molecule has 41 heavy (non-hydrogen) atoms. The van der Waals surface area contributed by atoms with Gasteiger partial charge in [0.25, 0.3) is 5.91 Å². The number of carbonyl (C=O) groups excluding carboxylic acids is 4. The Hall–Kier alpha value is -4.40. The van der Waals surface area contributed by atoms with Crippen molar-refractivity contribution in [2.24, 2.45) is 0 Å². The van der Waals surface area contributed by atoms with Gasteiger partial charge in [0.15, 0.2) is 0 Å². The van der Waals surface area contributed by atoms with E-state index in [1.165, 1.54) is 14.8 Å². The van der Waals surface area contributed by atoms with Gasteiger partial charge in [-0.05, 0) is 42.7 Å². The average molecular weight is 559 g/mol. The van der Waals surface area contributed by atoms with Gasteiger partial charge in [0, 0.05) is 33.4 Å². The molecular weight excluding hydrogens is 520 g/mol. The minimum Gasteiger partial charge on any atom is -0.444 e. The lowest BCUT2D eigenvalue weighted by atomic mass is 9.98. The highest BCUT2D eigenvalue weighted by Crippen LogP contribution is 2.22. The van der Waals surface area contributed by atoms with Crippen LogP contribution in [0, 0.1) is 0 Å². The molecule has 1 N–H and O–H groups in total. The monoisotopic (exact) mass is 558 g/mol. The van der Waals surface area contributed by atoms with Crippen LogP contribution in [0.3, 0.4) is 0 Å². The summed E-state index contributed by atoms with van der Waals surface area (Å²) >= 11 is 0. The number of fused-ring (bicyclic) bond motifs is 1. The zero-order chi connectivity index (χ0) is 29.7. The Morgan fingerprint density at radius 3 is 2.12 bits per heavy atom. The molecule has 3 aromatic rings. The summed E-state index contributed by atoms with van der Waals surface area (Å²) in [5, 5.41) is 3.36. The van der Waals surface area contributed by atoms with Crippen LogP contribution in [0.25, 0.3) is 10.8 Å². The molecule has 1 aliphatic heterocycles. The number of hydrazine groups is 1. The molecule has 1 heterocycles. The molecule has 1 unspecified atom stereocenters. The predicted octanol–water partition coefficient (Wildman–Crippen LogP) is 3.95. The molecule has 4 amide bonds. The zero-order valence-electron chi connectivity index (χ0n) is 24.3. The maximum atomic E-state index is 14.3. The van der Waals surface area contributed by atoms with Crippen LogP contribution in [0.15, 0.2) is 72.8 Å². The van der Waals surface area contributed by atoms with Crippen molar-refractivity contribution in [2.45, 2.75) is 57.7 Å². The maximum absolute atomic E-state index is 14.3. The number of nitrogens with zero attached hydrogens (tertiary/aromatic N) is 3. The number of benzene rings is 3. The van der Waals surface area contributed by atoms with Crippen LogP contribution in [0.2, 0.25) is 0 Å². The fourth-order valence-corrected chi connectivity index (χ4v) is 4.88. The van der Waals surface area contributed by atoms with Gasteiger partial charge >= 0.3 is 6.09 Å². The van der Waals surface area contributed by atoms with E-state index in [-0.39, 0.29) is 37.6 Å². The normalized spacial score (nSPS) is 14.8. The molecule has 9 nitrogen and oxygen atoms in total. The molecule has 3 aromatic carbocycles. The van der Waals surface area contributed by atoms with Crippen molar-refractivity contribution in [1.29, 1.82) is 0 Å². The molecular formula is C32H38N4O5. The third-order valence-corrected chi connectivity index (χ3v) is 7.14. The smallest absolute Gasteiger partial charge is 0.410 e. The average Bonchev–Trinajstić information content (AvgIpc) is 3.39. The minimum absolute atomic E-state index is 0.202. The van der Waals surface area contributed by atoms with Crippen LogP contribution >= 0.6 is 0 Å². The van der Waals surface area contributed by atoms with Gasteiger partial charge in [-0.3, -0.25) is 29.7 Å². The second-order valence-corrected chi connectivity index (χ2v) is 11.4. The number of rotatable bonds is 8. The fourth-order valence-electron chi connectivity index (χ4n) is 4.88. The summed E-state index contributed by atoms with van der Waals surface area (Å²) in [6.45, 7) is 5.53. The summed E-state index contributed by atoms with van der Waals surface area (Å²) in [4.78, 5) is 55.7. The van der Waals surface area contributed by atoms with Crippen LogP contribution in [0.1, 0.15) is 38.3 Å². The zero-order valence-corrected chi connectivity index (χ0v) is 24.3. The largest absolute Gasteiger partial charge is 0.444 e. The van der Waals surface area contributed by atoms with Gasteiger partial charge in [-0.25, -0.2) is 4.79 Å². The lowest BCUT2D eigenvalue weighted by Crippen LogP contribution is -2.57. The van der Waals surface area contributed by atoms with Crippen molar-refractivity contribution in [1.82, 2.24) is 20.2 Å². The number of hydrogen-bond donors (Lipinski definition) is 1. The SMILES string of the molecule is CN(C(=O)OC(C)(C)C)C(Cc1ccc2ccccc2c1)C(=O)N(C)[C@H](Cc1ccccc1)C(=O)N1CCC(=O)N1. The molecule has 0 saturated carbocycles. The van der Waals surface area contributed by atoms with E-state index >= 15 is 0 Å². The second kappa shape index (κ2) is 12.4. The first-order valence-electron chi connectivity index (χ1n) is 13.8. The molecule has 0 aliphatic carbocycles. The number of likely N-dealkylation sites (N-methyl/N-ethyl adjacent to an activating group) is 2. The van der Waals surface area contributed by atoms with Crippen LogP contribution in [0.4, 0.5) is 4.79 Å². The molecule has 2 atom stereocenters. The highest BCUT2D eigenvalue weighted by molar-refractivity contribution is 5.93. The van der Waals surface area contributed by atoms with Gasteiger partial charge in [0.05, 0.1) is 6.54 Å². The molecule has 4 rings (SSSR count). The van der Waals surface area contributed by atoms with Crippen LogP contribution in [0.5, 0.6) is 0 Å². The Morgan fingerprint density at radius 1 is 0.854 bits per heavy atom. The molecule has 0 radical (unpaired) electrons. The Balaban J connectivity index is 1.67.